The van der Waals surface area contributed by atoms with E-state index in [4.69, 9.17) is 5.73 Å². The van der Waals surface area contributed by atoms with E-state index in [0.29, 0.717) is 5.69 Å². The molecule has 0 saturated carbocycles. The Bertz CT molecular complexity index is 634. The third kappa shape index (κ3) is 3.09. The summed E-state index contributed by atoms with van der Waals surface area (Å²) in [5, 5.41) is 0. The molecule has 2 rings (SSSR count). The second-order valence-corrected chi connectivity index (χ2v) is 3.81. The van der Waals surface area contributed by atoms with Gasteiger partial charge < -0.3 is 10.3 Å². The molecule has 2 aromatic rings. The van der Waals surface area contributed by atoms with Gasteiger partial charge in [0, 0.05) is 12.3 Å². The van der Waals surface area contributed by atoms with Gasteiger partial charge in [0.05, 0.1) is 30.2 Å². The maximum absolute atomic E-state index is 12.5. The van der Waals surface area contributed by atoms with Gasteiger partial charge in [0.1, 0.15) is 5.82 Å². The van der Waals surface area contributed by atoms with E-state index in [-0.39, 0.29) is 12.4 Å². The van der Waals surface area contributed by atoms with E-state index in [1.165, 1.54) is 12.4 Å². The summed E-state index contributed by atoms with van der Waals surface area (Å²) in [6, 6.07) is 1.61. The SMILES string of the molecule is Nc1cnc(Cn2cc(C(F)(F)F)ccc2=O)cn1. The average molecular weight is 270 g/mol. The smallest absolute Gasteiger partial charge is 0.382 e. The monoisotopic (exact) mass is 270 g/mol. The largest absolute Gasteiger partial charge is 0.417 e. The molecule has 0 atom stereocenters. The summed E-state index contributed by atoms with van der Waals surface area (Å²) < 4.78 is 38.5. The fourth-order valence-electron chi connectivity index (χ4n) is 1.44. The van der Waals surface area contributed by atoms with Crippen LogP contribution in [-0.2, 0) is 12.7 Å². The first-order valence-electron chi connectivity index (χ1n) is 5.20. The molecule has 2 heterocycles. The molecule has 100 valence electrons. The van der Waals surface area contributed by atoms with Gasteiger partial charge in [-0.2, -0.15) is 13.2 Å². The number of anilines is 1. The van der Waals surface area contributed by atoms with Gasteiger partial charge in [-0.1, -0.05) is 0 Å². The molecule has 0 fully saturated rings. The normalized spacial score (nSPS) is 11.5. The molecule has 0 amide bonds. The number of nitrogens with zero attached hydrogens (tertiary/aromatic N) is 3. The molecule has 5 nitrogen and oxygen atoms in total. The molecule has 19 heavy (non-hydrogen) atoms. The quantitative estimate of drug-likeness (QED) is 0.892. The van der Waals surface area contributed by atoms with Gasteiger partial charge >= 0.3 is 6.18 Å². The van der Waals surface area contributed by atoms with Crippen molar-refractivity contribution in [3.8, 4) is 0 Å². The van der Waals surface area contributed by atoms with Crippen molar-refractivity contribution in [1.82, 2.24) is 14.5 Å². The zero-order chi connectivity index (χ0) is 14.0. The molecule has 0 radical (unpaired) electrons. The zero-order valence-corrected chi connectivity index (χ0v) is 9.55. The van der Waals surface area contributed by atoms with Gasteiger partial charge in [-0.15, -0.1) is 0 Å². The Balaban J connectivity index is 2.34. The third-order valence-electron chi connectivity index (χ3n) is 2.37. The van der Waals surface area contributed by atoms with Crippen molar-refractivity contribution in [2.45, 2.75) is 12.7 Å². The number of pyridine rings is 1. The van der Waals surface area contributed by atoms with E-state index >= 15 is 0 Å². The molecule has 0 spiro atoms. The summed E-state index contributed by atoms with van der Waals surface area (Å²) >= 11 is 0. The van der Waals surface area contributed by atoms with Gasteiger partial charge in [0.25, 0.3) is 5.56 Å². The Morgan fingerprint density at radius 3 is 2.53 bits per heavy atom. The average Bonchev–Trinajstić information content (AvgIpc) is 2.33. The minimum Gasteiger partial charge on any atom is -0.382 e. The van der Waals surface area contributed by atoms with Gasteiger partial charge in [-0.05, 0) is 6.07 Å². The topological polar surface area (TPSA) is 73.8 Å². The van der Waals surface area contributed by atoms with Crippen molar-refractivity contribution in [2.24, 2.45) is 0 Å². The fourth-order valence-corrected chi connectivity index (χ4v) is 1.44. The van der Waals surface area contributed by atoms with E-state index in [9.17, 15) is 18.0 Å². The Hall–Kier alpha value is -2.38. The van der Waals surface area contributed by atoms with Gasteiger partial charge in [0.15, 0.2) is 0 Å². The first kappa shape index (κ1) is 13.1. The Morgan fingerprint density at radius 1 is 1.21 bits per heavy atom. The van der Waals surface area contributed by atoms with Crippen LogP contribution in [0.3, 0.4) is 0 Å². The Morgan fingerprint density at radius 2 is 1.95 bits per heavy atom. The van der Waals surface area contributed by atoms with E-state index in [0.717, 1.165) is 22.9 Å². The summed E-state index contributed by atoms with van der Waals surface area (Å²) in [5.41, 5.74) is 4.24. The molecule has 0 bridgehead atoms. The lowest BCUT2D eigenvalue weighted by atomic mass is 10.2. The zero-order valence-electron chi connectivity index (χ0n) is 9.55. The highest BCUT2D eigenvalue weighted by Crippen LogP contribution is 2.28. The molecule has 8 heteroatoms. The fraction of sp³-hybridized carbons (Fsp3) is 0.182. The molecule has 0 aliphatic heterocycles. The lowest BCUT2D eigenvalue weighted by molar-refractivity contribution is -0.138. The second-order valence-electron chi connectivity index (χ2n) is 3.81. The molecule has 0 aromatic carbocycles. The van der Waals surface area contributed by atoms with Crippen molar-refractivity contribution in [3.05, 3.63) is 52.3 Å². The summed E-state index contributed by atoms with van der Waals surface area (Å²) in [7, 11) is 0. The molecule has 2 aromatic heterocycles. The maximum atomic E-state index is 12.5. The standard InChI is InChI=1S/C11H9F3N4O/c12-11(13,14)7-1-2-10(19)18(5-7)6-8-3-17-9(15)4-16-8/h1-5H,6H2,(H2,15,17). The number of alkyl halides is 3. The summed E-state index contributed by atoms with van der Waals surface area (Å²) in [6.45, 7) is -0.101. The van der Waals surface area contributed by atoms with Crippen LogP contribution in [0.1, 0.15) is 11.3 Å². The summed E-state index contributed by atoms with van der Waals surface area (Å²) in [5.74, 6) is 0.195. The van der Waals surface area contributed by atoms with Crippen LogP contribution < -0.4 is 11.3 Å². The highest BCUT2D eigenvalue weighted by atomic mass is 19.4. The minimum atomic E-state index is -4.50. The summed E-state index contributed by atoms with van der Waals surface area (Å²) in [4.78, 5) is 19.1. The van der Waals surface area contributed by atoms with E-state index in [2.05, 4.69) is 9.97 Å². The Kier molecular flexibility index (Phi) is 3.24. The minimum absolute atomic E-state index is 0.101. The second kappa shape index (κ2) is 4.71. The van der Waals surface area contributed by atoms with Crippen LogP contribution >= 0.6 is 0 Å². The van der Waals surface area contributed by atoms with Crippen molar-refractivity contribution in [1.29, 1.82) is 0 Å². The van der Waals surface area contributed by atoms with Crippen molar-refractivity contribution in [3.63, 3.8) is 0 Å². The van der Waals surface area contributed by atoms with Gasteiger partial charge in [0.2, 0.25) is 0 Å². The predicted octanol–water partition coefficient (Wildman–Crippen LogP) is 1.29. The molecular weight excluding hydrogens is 261 g/mol. The molecule has 0 aliphatic carbocycles. The van der Waals surface area contributed by atoms with Crippen LogP contribution in [-0.4, -0.2) is 14.5 Å². The number of rotatable bonds is 2. The molecule has 0 unspecified atom stereocenters. The number of nitrogens with two attached hydrogens (primary N) is 1. The molecule has 0 aliphatic rings. The lowest BCUT2D eigenvalue weighted by Crippen LogP contribution is -2.22. The van der Waals surface area contributed by atoms with Gasteiger partial charge in [-0.3, -0.25) is 9.78 Å². The number of hydrogen-bond acceptors (Lipinski definition) is 4. The number of aromatic nitrogens is 3. The first-order chi connectivity index (χ1) is 8.86. The van der Waals surface area contributed by atoms with Crippen LogP contribution in [0.15, 0.2) is 35.5 Å². The van der Waals surface area contributed by atoms with Crippen LogP contribution in [0, 0.1) is 0 Å². The highest BCUT2D eigenvalue weighted by Gasteiger charge is 2.31. The third-order valence-corrected chi connectivity index (χ3v) is 2.37. The maximum Gasteiger partial charge on any atom is 0.417 e. The molecule has 0 saturated heterocycles. The number of nitrogen functional groups attached to an aromatic ring is 1. The van der Waals surface area contributed by atoms with Crippen molar-refractivity contribution >= 4 is 5.82 Å². The van der Waals surface area contributed by atoms with Crippen molar-refractivity contribution in [2.75, 3.05) is 5.73 Å². The van der Waals surface area contributed by atoms with E-state index in [1.807, 2.05) is 0 Å². The van der Waals surface area contributed by atoms with Crippen molar-refractivity contribution < 1.29 is 13.2 Å². The number of halogens is 3. The summed E-state index contributed by atoms with van der Waals surface area (Å²) in [6.07, 6.45) is -1.17. The lowest BCUT2D eigenvalue weighted by Gasteiger charge is -2.10. The predicted molar refractivity (Wildman–Crippen MR) is 61.3 cm³/mol. The van der Waals surface area contributed by atoms with Crippen LogP contribution in [0.5, 0.6) is 0 Å². The first-order valence-corrected chi connectivity index (χ1v) is 5.20. The Labute approximate surface area is 105 Å². The highest BCUT2D eigenvalue weighted by molar-refractivity contribution is 5.23. The molecule has 2 N–H and O–H groups in total. The van der Waals surface area contributed by atoms with Gasteiger partial charge in [-0.25, -0.2) is 4.98 Å². The molecular formula is C11H9F3N4O. The van der Waals surface area contributed by atoms with Crippen LogP contribution in [0.25, 0.3) is 0 Å². The van der Waals surface area contributed by atoms with Crippen LogP contribution in [0.2, 0.25) is 0 Å². The van der Waals surface area contributed by atoms with E-state index < -0.39 is 17.3 Å². The number of hydrogen-bond donors (Lipinski definition) is 1. The van der Waals surface area contributed by atoms with Crippen LogP contribution in [0.4, 0.5) is 19.0 Å². The van der Waals surface area contributed by atoms with E-state index in [1.54, 1.807) is 0 Å².